The third-order valence-corrected chi connectivity index (χ3v) is 3.09. The monoisotopic (exact) mass is 263 g/mol. The summed E-state index contributed by atoms with van der Waals surface area (Å²) in [4.78, 5) is 4.34. The van der Waals surface area contributed by atoms with E-state index >= 15 is 0 Å². The highest BCUT2D eigenvalue weighted by molar-refractivity contribution is 5.74. The van der Waals surface area contributed by atoms with Crippen LogP contribution in [0.25, 0.3) is 11.0 Å². The van der Waals surface area contributed by atoms with E-state index in [1.54, 1.807) is 12.1 Å². The van der Waals surface area contributed by atoms with Gasteiger partial charge in [0, 0.05) is 0 Å². The molecule has 0 aliphatic rings. The van der Waals surface area contributed by atoms with Gasteiger partial charge in [0.25, 0.3) is 0 Å². The summed E-state index contributed by atoms with van der Waals surface area (Å²) < 4.78 is 7.73. The van der Waals surface area contributed by atoms with Crippen molar-refractivity contribution in [3.05, 3.63) is 60.4 Å². The van der Waals surface area contributed by atoms with Crippen molar-refractivity contribution >= 4 is 11.0 Å². The van der Waals surface area contributed by atoms with Crippen molar-refractivity contribution in [2.24, 2.45) is 0 Å². The summed E-state index contributed by atoms with van der Waals surface area (Å²) in [5.74, 6) is 0.716. The summed E-state index contributed by atoms with van der Waals surface area (Å²) in [6.07, 6.45) is 1.82. The van der Waals surface area contributed by atoms with Gasteiger partial charge in [-0.1, -0.05) is 18.2 Å². The van der Waals surface area contributed by atoms with Crippen molar-refractivity contribution in [3.63, 3.8) is 0 Å². The normalized spacial score (nSPS) is 10.3. The van der Waals surface area contributed by atoms with E-state index in [0.717, 1.165) is 17.6 Å². The fourth-order valence-electron chi connectivity index (χ4n) is 2.11. The molecule has 0 aliphatic heterocycles. The largest absolute Gasteiger partial charge is 0.492 e. The van der Waals surface area contributed by atoms with Crippen LogP contribution in [0.3, 0.4) is 0 Å². The molecule has 20 heavy (non-hydrogen) atoms. The zero-order valence-corrected chi connectivity index (χ0v) is 10.9. The fraction of sp³-hybridized carbons (Fsp3) is 0.125. The molecule has 0 saturated carbocycles. The van der Waals surface area contributed by atoms with Gasteiger partial charge in [0.15, 0.2) is 0 Å². The number of rotatable bonds is 4. The topological polar surface area (TPSA) is 50.8 Å². The van der Waals surface area contributed by atoms with Gasteiger partial charge in [-0.15, -0.1) is 0 Å². The van der Waals surface area contributed by atoms with Gasteiger partial charge in [0.05, 0.1) is 35.5 Å². The van der Waals surface area contributed by atoms with Crippen molar-refractivity contribution in [2.45, 2.75) is 6.54 Å². The quantitative estimate of drug-likeness (QED) is 0.727. The van der Waals surface area contributed by atoms with E-state index in [1.165, 1.54) is 0 Å². The first-order valence-corrected chi connectivity index (χ1v) is 6.39. The lowest BCUT2D eigenvalue weighted by molar-refractivity contribution is 0.300. The number of fused-ring (bicyclic) bond motifs is 1. The first-order valence-electron chi connectivity index (χ1n) is 6.39. The van der Waals surface area contributed by atoms with Gasteiger partial charge in [-0.2, -0.15) is 5.26 Å². The maximum Gasteiger partial charge on any atom is 0.120 e. The molecule has 3 rings (SSSR count). The summed E-state index contributed by atoms with van der Waals surface area (Å²) in [6, 6.07) is 17.3. The predicted molar refractivity (Wildman–Crippen MR) is 76.4 cm³/mol. The number of aromatic nitrogens is 2. The molecule has 0 atom stereocenters. The Morgan fingerprint density at radius 2 is 2.05 bits per heavy atom. The van der Waals surface area contributed by atoms with Crippen LogP contribution in [-0.2, 0) is 6.54 Å². The van der Waals surface area contributed by atoms with Crippen LogP contribution in [0, 0.1) is 11.3 Å². The molecule has 0 bridgehead atoms. The highest BCUT2D eigenvalue weighted by Gasteiger charge is 2.01. The molecule has 0 unspecified atom stereocenters. The molecular formula is C16H13N3O. The highest BCUT2D eigenvalue weighted by atomic mass is 16.5. The molecule has 4 nitrogen and oxygen atoms in total. The van der Waals surface area contributed by atoms with Crippen molar-refractivity contribution in [3.8, 4) is 11.8 Å². The molecule has 0 saturated heterocycles. The molecule has 0 amide bonds. The average Bonchev–Trinajstić information content (AvgIpc) is 2.91. The Kier molecular flexibility index (Phi) is 3.34. The molecule has 0 aliphatic carbocycles. The molecule has 2 aromatic carbocycles. The summed E-state index contributed by atoms with van der Waals surface area (Å²) in [5, 5.41) is 8.84. The second-order valence-electron chi connectivity index (χ2n) is 4.41. The van der Waals surface area contributed by atoms with Gasteiger partial charge in [-0.3, -0.25) is 0 Å². The first kappa shape index (κ1) is 12.2. The highest BCUT2D eigenvalue weighted by Crippen LogP contribution is 2.14. The summed E-state index contributed by atoms with van der Waals surface area (Å²) in [5.41, 5.74) is 2.69. The van der Waals surface area contributed by atoms with E-state index < -0.39 is 0 Å². The third-order valence-electron chi connectivity index (χ3n) is 3.09. The number of hydrogen-bond donors (Lipinski definition) is 0. The summed E-state index contributed by atoms with van der Waals surface area (Å²) in [6.45, 7) is 1.26. The number of nitrogens with zero attached hydrogens (tertiary/aromatic N) is 3. The standard InChI is InChI=1S/C16H13N3O/c17-11-13-4-3-5-14(10-13)20-9-8-19-12-18-15-6-1-2-7-16(15)19/h1-7,10,12H,8-9H2. The van der Waals surface area contributed by atoms with Crippen LogP contribution in [0.4, 0.5) is 0 Å². The minimum atomic E-state index is 0.537. The zero-order chi connectivity index (χ0) is 13.8. The molecule has 0 radical (unpaired) electrons. The van der Waals surface area contributed by atoms with Gasteiger partial charge in [-0.25, -0.2) is 4.98 Å². The van der Waals surface area contributed by atoms with Crippen LogP contribution >= 0.6 is 0 Å². The van der Waals surface area contributed by atoms with E-state index in [1.807, 2.05) is 42.7 Å². The molecule has 98 valence electrons. The molecule has 3 aromatic rings. The smallest absolute Gasteiger partial charge is 0.120 e. The van der Waals surface area contributed by atoms with Crippen molar-refractivity contribution < 1.29 is 4.74 Å². The lowest BCUT2D eigenvalue weighted by Gasteiger charge is -2.07. The first-order chi connectivity index (χ1) is 9.86. The van der Waals surface area contributed by atoms with Crippen LogP contribution in [0.5, 0.6) is 5.75 Å². The Hall–Kier alpha value is -2.80. The van der Waals surface area contributed by atoms with E-state index in [9.17, 15) is 0 Å². The van der Waals surface area contributed by atoms with E-state index in [2.05, 4.69) is 15.6 Å². The number of benzene rings is 2. The molecule has 0 spiro atoms. The van der Waals surface area contributed by atoms with Crippen molar-refractivity contribution in [1.29, 1.82) is 5.26 Å². The van der Waals surface area contributed by atoms with Gasteiger partial charge in [0.2, 0.25) is 0 Å². The Bertz CT molecular complexity index is 770. The third kappa shape index (κ3) is 2.47. The van der Waals surface area contributed by atoms with Crippen LogP contribution in [0.15, 0.2) is 54.9 Å². The van der Waals surface area contributed by atoms with Gasteiger partial charge in [0.1, 0.15) is 12.4 Å². The van der Waals surface area contributed by atoms with E-state index in [0.29, 0.717) is 17.9 Å². The van der Waals surface area contributed by atoms with Crippen molar-refractivity contribution in [2.75, 3.05) is 6.61 Å². The second kappa shape index (κ2) is 5.45. The average molecular weight is 263 g/mol. The zero-order valence-electron chi connectivity index (χ0n) is 10.9. The molecule has 1 aromatic heterocycles. The number of hydrogen-bond acceptors (Lipinski definition) is 3. The van der Waals surface area contributed by atoms with Gasteiger partial charge in [-0.05, 0) is 30.3 Å². The summed E-state index contributed by atoms with van der Waals surface area (Å²) >= 11 is 0. The number of ether oxygens (including phenoxy) is 1. The van der Waals surface area contributed by atoms with Crippen LogP contribution in [0.2, 0.25) is 0 Å². The lowest BCUT2D eigenvalue weighted by Crippen LogP contribution is -2.07. The Balaban J connectivity index is 1.66. The number of imidazole rings is 1. The Morgan fingerprint density at radius 1 is 1.15 bits per heavy atom. The number of para-hydroxylation sites is 2. The molecule has 0 N–H and O–H groups in total. The number of nitriles is 1. The van der Waals surface area contributed by atoms with E-state index in [-0.39, 0.29) is 0 Å². The minimum absolute atomic E-state index is 0.537. The molecule has 4 heteroatoms. The lowest BCUT2D eigenvalue weighted by atomic mass is 10.2. The SMILES string of the molecule is N#Cc1cccc(OCCn2cnc3ccccc32)c1. The minimum Gasteiger partial charge on any atom is -0.492 e. The van der Waals surface area contributed by atoms with Gasteiger partial charge >= 0.3 is 0 Å². The van der Waals surface area contributed by atoms with Crippen LogP contribution < -0.4 is 4.74 Å². The van der Waals surface area contributed by atoms with Crippen LogP contribution in [0.1, 0.15) is 5.56 Å². The molecular weight excluding hydrogens is 250 g/mol. The van der Waals surface area contributed by atoms with Crippen LogP contribution in [-0.4, -0.2) is 16.2 Å². The Labute approximate surface area is 116 Å². The Morgan fingerprint density at radius 3 is 2.95 bits per heavy atom. The maximum atomic E-state index is 8.84. The summed E-state index contributed by atoms with van der Waals surface area (Å²) in [7, 11) is 0. The van der Waals surface area contributed by atoms with Crippen molar-refractivity contribution in [1.82, 2.24) is 9.55 Å². The van der Waals surface area contributed by atoms with Gasteiger partial charge < -0.3 is 9.30 Å². The maximum absolute atomic E-state index is 8.84. The fourth-order valence-corrected chi connectivity index (χ4v) is 2.11. The van der Waals surface area contributed by atoms with E-state index in [4.69, 9.17) is 10.00 Å². The molecule has 1 heterocycles. The second-order valence-corrected chi connectivity index (χ2v) is 4.41. The molecule has 0 fully saturated rings. The predicted octanol–water partition coefficient (Wildman–Crippen LogP) is 2.99.